The molecule has 128 valence electrons. The first-order valence-corrected chi connectivity index (χ1v) is 7.61. The van der Waals surface area contributed by atoms with Gasteiger partial charge in [0.2, 0.25) is 0 Å². The Hall–Kier alpha value is -0.610. The third-order valence-corrected chi connectivity index (χ3v) is 3.90. The quantitative estimate of drug-likeness (QED) is 0.300. The van der Waals surface area contributed by atoms with Gasteiger partial charge in [-0.15, -0.1) is 24.0 Å². The SMILES string of the molecule is CN=C(NCCOC)N1CCN(C(=O)C2CCCO2)CC1.I. The molecule has 1 atom stereocenters. The average Bonchev–Trinajstić information content (AvgIpc) is 3.06. The monoisotopic (exact) mass is 426 g/mol. The minimum Gasteiger partial charge on any atom is -0.383 e. The number of guanidine groups is 1. The van der Waals surface area contributed by atoms with Crippen LogP contribution in [0.4, 0.5) is 0 Å². The summed E-state index contributed by atoms with van der Waals surface area (Å²) < 4.78 is 10.5. The summed E-state index contributed by atoms with van der Waals surface area (Å²) in [6, 6.07) is 0. The van der Waals surface area contributed by atoms with Crippen molar-refractivity contribution in [3.63, 3.8) is 0 Å². The lowest BCUT2D eigenvalue weighted by molar-refractivity contribution is -0.142. The molecule has 0 aromatic rings. The fourth-order valence-electron chi connectivity index (χ4n) is 2.71. The van der Waals surface area contributed by atoms with Gasteiger partial charge in [-0.25, -0.2) is 0 Å². The van der Waals surface area contributed by atoms with Crippen LogP contribution in [0.15, 0.2) is 4.99 Å². The van der Waals surface area contributed by atoms with E-state index in [2.05, 4.69) is 15.2 Å². The van der Waals surface area contributed by atoms with Crippen molar-refractivity contribution in [2.75, 3.05) is 60.1 Å². The molecule has 1 amide bonds. The number of nitrogens with zero attached hydrogens (tertiary/aromatic N) is 3. The van der Waals surface area contributed by atoms with Crippen LogP contribution in [0.1, 0.15) is 12.8 Å². The zero-order chi connectivity index (χ0) is 15.1. The van der Waals surface area contributed by atoms with Crippen LogP contribution in [0.3, 0.4) is 0 Å². The van der Waals surface area contributed by atoms with E-state index >= 15 is 0 Å². The first-order valence-electron chi connectivity index (χ1n) is 7.61. The van der Waals surface area contributed by atoms with Gasteiger partial charge in [-0.2, -0.15) is 0 Å². The van der Waals surface area contributed by atoms with Gasteiger partial charge in [-0.3, -0.25) is 9.79 Å². The van der Waals surface area contributed by atoms with Gasteiger partial charge in [0.25, 0.3) is 5.91 Å². The summed E-state index contributed by atoms with van der Waals surface area (Å²) in [6.07, 6.45) is 1.64. The second-order valence-electron chi connectivity index (χ2n) is 5.28. The highest BCUT2D eigenvalue weighted by atomic mass is 127. The number of nitrogens with one attached hydrogen (secondary N) is 1. The Morgan fingerprint density at radius 2 is 2.00 bits per heavy atom. The Kier molecular flexibility index (Phi) is 9.03. The zero-order valence-corrected chi connectivity index (χ0v) is 15.7. The average molecular weight is 426 g/mol. The molecule has 8 heteroatoms. The van der Waals surface area contributed by atoms with E-state index in [4.69, 9.17) is 9.47 Å². The Bertz CT molecular complexity index is 367. The molecule has 0 aliphatic carbocycles. The van der Waals surface area contributed by atoms with Crippen molar-refractivity contribution in [3.05, 3.63) is 0 Å². The van der Waals surface area contributed by atoms with Crippen LogP contribution in [0, 0.1) is 0 Å². The van der Waals surface area contributed by atoms with Gasteiger partial charge in [-0.1, -0.05) is 0 Å². The van der Waals surface area contributed by atoms with Crippen LogP contribution in [0.25, 0.3) is 0 Å². The van der Waals surface area contributed by atoms with Crippen molar-refractivity contribution in [1.82, 2.24) is 15.1 Å². The lowest BCUT2D eigenvalue weighted by Crippen LogP contribution is -2.55. The normalized spacial score (nSPS) is 22.5. The highest BCUT2D eigenvalue weighted by molar-refractivity contribution is 14.0. The van der Waals surface area contributed by atoms with Crippen LogP contribution in [0.2, 0.25) is 0 Å². The standard InChI is InChI=1S/C14H26N4O3.HI/c1-15-14(16-5-11-20-2)18-8-6-17(7-9-18)13(19)12-4-3-10-21-12;/h12H,3-11H2,1-2H3,(H,15,16);1H. The summed E-state index contributed by atoms with van der Waals surface area (Å²) in [4.78, 5) is 20.6. The lowest BCUT2D eigenvalue weighted by Gasteiger charge is -2.37. The van der Waals surface area contributed by atoms with Crippen molar-refractivity contribution in [2.45, 2.75) is 18.9 Å². The molecule has 2 rings (SSSR count). The van der Waals surface area contributed by atoms with Gasteiger partial charge in [0.05, 0.1) is 6.61 Å². The number of methoxy groups -OCH3 is 1. The summed E-state index contributed by atoms with van der Waals surface area (Å²) in [5.74, 6) is 1.02. The predicted molar refractivity (Wildman–Crippen MR) is 95.8 cm³/mol. The molecule has 2 aliphatic rings. The second-order valence-corrected chi connectivity index (χ2v) is 5.28. The number of hydrogen-bond acceptors (Lipinski definition) is 4. The van der Waals surface area contributed by atoms with E-state index < -0.39 is 0 Å². The topological polar surface area (TPSA) is 66.4 Å². The highest BCUT2D eigenvalue weighted by Crippen LogP contribution is 2.16. The van der Waals surface area contributed by atoms with E-state index in [1.807, 2.05) is 4.90 Å². The lowest BCUT2D eigenvalue weighted by atomic mass is 10.2. The number of piperazine rings is 1. The number of halogens is 1. The number of carbonyl (C=O) groups is 1. The first kappa shape index (κ1) is 19.4. The van der Waals surface area contributed by atoms with Gasteiger partial charge in [0.1, 0.15) is 6.10 Å². The summed E-state index contributed by atoms with van der Waals surface area (Å²) in [7, 11) is 3.46. The molecule has 2 heterocycles. The van der Waals surface area contributed by atoms with Crippen molar-refractivity contribution in [2.24, 2.45) is 4.99 Å². The highest BCUT2D eigenvalue weighted by Gasteiger charge is 2.30. The predicted octanol–water partition coefficient (Wildman–Crippen LogP) is 0.149. The van der Waals surface area contributed by atoms with Crippen LogP contribution < -0.4 is 5.32 Å². The number of ether oxygens (including phenoxy) is 2. The smallest absolute Gasteiger partial charge is 0.251 e. The van der Waals surface area contributed by atoms with Gasteiger partial charge < -0.3 is 24.6 Å². The maximum absolute atomic E-state index is 12.3. The summed E-state index contributed by atoms with van der Waals surface area (Å²) >= 11 is 0. The minimum atomic E-state index is -0.212. The molecular weight excluding hydrogens is 399 g/mol. The summed E-state index contributed by atoms with van der Waals surface area (Å²) in [5, 5.41) is 3.26. The second kappa shape index (κ2) is 10.2. The molecule has 0 spiro atoms. The van der Waals surface area contributed by atoms with Crippen molar-refractivity contribution < 1.29 is 14.3 Å². The van der Waals surface area contributed by atoms with E-state index in [0.29, 0.717) is 13.2 Å². The molecule has 0 saturated carbocycles. The largest absolute Gasteiger partial charge is 0.383 e. The van der Waals surface area contributed by atoms with Crippen LogP contribution in [-0.2, 0) is 14.3 Å². The first-order chi connectivity index (χ1) is 10.3. The molecule has 2 saturated heterocycles. The zero-order valence-electron chi connectivity index (χ0n) is 13.4. The Labute approximate surface area is 149 Å². The molecule has 1 N–H and O–H groups in total. The number of hydrogen-bond donors (Lipinski definition) is 1. The van der Waals surface area contributed by atoms with Gasteiger partial charge >= 0.3 is 0 Å². The minimum absolute atomic E-state index is 0. The van der Waals surface area contributed by atoms with Gasteiger partial charge in [-0.05, 0) is 12.8 Å². The number of aliphatic imine (C=N–C) groups is 1. The Morgan fingerprint density at radius 3 is 2.55 bits per heavy atom. The maximum atomic E-state index is 12.3. The van der Waals surface area contributed by atoms with E-state index in [-0.39, 0.29) is 36.0 Å². The van der Waals surface area contributed by atoms with E-state index in [1.165, 1.54) is 0 Å². The molecule has 0 aromatic heterocycles. The van der Waals surface area contributed by atoms with Crippen molar-refractivity contribution in [1.29, 1.82) is 0 Å². The Balaban J connectivity index is 0.00000242. The Morgan fingerprint density at radius 1 is 1.32 bits per heavy atom. The molecule has 7 nitrogen and oxygen atoms in total. The molecular formula is C14H27IN4O3. The number of carbonyl (C=O) groups excluding carboxylic acids is 1. The molecule has 2 fully saturated rings. The van der Waals surface area contributed by atoms with Crippen LogP contribution in [0.5, 0.6) is 0 Å². The fourth-order valence-corrected chi connectivity index (χ4v) is 2.71. The molecule has 0 aromatic carbocycles. The molecule has 1 unspecified atom stereocenters. The van der Waals surface area contributed by atoms with Crippen LogP contribution >= 0.6 is 24.0 Å². The third-order valence-electron chi connectivity index (χ3n) is 3.90. The van der Waals surface area contributed by atoms with E-state index in [0.717, 1.165) is 51.5 Å². The third kappa shape index (κ3) is 5.24. The maximum Gasteiger partial charge on any atom is 0.251 e. The van der Waals surface area contributed by atoms with Gasteiger partial charge in [0, 0.05) is 53.5 Å². The van der Waals surface area contributed by atoms with Crippen molar-refractivity contribution >= 4 is 35.8 Å². The molecule has 2 aliphatic heterocycles. The summed E-state index contributed by atoms with van der Waals surface area (Å²) in [6.45, 7) is 5.14. The van der Waals surface area contributed by atoms with Crippen LogP contribution in [-0.4, -0.2) is 87.9 Å². The molecule has 0 radical (unpaired) electrons. The van der Waals surface area contributed by atoms with Crippen molar-refractivity contribution in [3.8, 4) is 0 Å². The molecule has 0 bridgehead atoms. The number of amides is 1. The van der Waals surface area contributed by atoms with E-state index in [9.17, 15) is 4.79 Å². The van der Waals surface area contributed by atoms with Gasteiger partial charge in [0.15, 0.2) is 5.96 Å². The fraction of sp³-hybridized carbons (Fsp3) is 0.857. The van der Waals surface area contributed by atoms with E-state index in [1.54, 1.807) is 14.2 Å². The number of rotatable bonds is 4. The molecule has 22 heavy (non-hydrogen) atoms. The summed E-state index contributed by atoms with van der Waals surface area (Å²) in [5.41, 5.74) is 0.